The van der Waals surface area contributed by atoms with Crippen LogP contribution in [0.5, 0.6) is 0 Å². The molecule has 1 amide bonds. The molecular weight excluding hydrogens is 474 g/mol. The first-order valence-corrected chi connectivity index (χ1v) is 11.9. The highest BCUT2D eigenvalue weighted by Crippen LogP contribution is 2.33. The van der Waals surface area contributed by atoms with Gasteiger partial charge < -0.3 is 14.5 Å². The van der Waals surface area contributed by atoms with Crippen LogP contribution in [-0.4, -0.2) is 66.9 Å². The summed E-state index contributed by atoms with van der Waals surface area (Å²) in [4.78, 5) is 58.9. The van der Waals surface area contributed by atoms with Crippen LogP contribution in [0.25, 0.3) is 0 Å². The summed E-state index contributed by atoms with van der Waals surface area (Å²) in [7, 11) is 0. The van der Waals surface area contributed by atoms with Gasteiger partial charge in [0, 0.05) is 48.9 Å². The van der Waals surface area contributed by atoms with Gasteiger partial charge in [0.25, 0.3) is 0 Å². The van der Waals surface area contributed by atoms with Gasteiger partial charge in [-0.1, -0.05) is 24.6 Å². The van der Waals surface area contributed by atoms with Crippen molar-refractivity contribution >= 4 is 46.6 Å². The van der Waals surface area contributed by atoms with Gasteiger partial charge in [0.1, 0.15) is 0 Å². The fraction of sp³-hybridized carbons (Fsp3) is 0.360. The van der Waals surface area contributed by atoms with Gasteiger partial charge in [-0.25, -0.2) is 9.59 Å². The summed E-state index contributed by atoms with van der Waals surface area (Å²) in [6.45, 7) is 5.02. The van der Waals surface area contributed by atoms with Crippen LogP contribution < -0.4 is 9.96 Å². The number of fused-ring (bicyclic) bond motifs is 4. The van der Waals surface area contributed by atoms with Crippen molar-refractivity contribution in [3.05, 3.63) is 58.6 Å². The number of hydrogen-bond donors (Lipinski definition) is 0. The number of ether oxygens (including phenoxy) is 1. The SMILES string of the molecule is CCC(C(=O)c1ccc2c(c1)CC1OC(=O)C(=O)ON2C1=O)N1CCN(c2cccc(Cl)c2)CC1. The van der Waals surface area contributed by atoms with E-state index in [4.69, 9.17) is 21.2 Å². The normalized spacial score (nSPS) is 21.1. The first-order chi connectivity index (χ1) is 16.9. The molecule has 0 aromatic heterocycles. The van der Waals surface area contributed by atoms with E-state index >= 15 is 0 Å². The highest BCUT2D eigenvalue weighted by atomic mass is 35.5. The van der Waals surface area contributed by atoms with Crippen LogP contribution in [0.2, 0.25) is 5.02 Å². The van der Waals surface area contributed by atoms with Crippen LogP contribution >= 0.6 is 11.6 Å². The van der Waals surface area contributed by atoms with E-state index in [1.165, 1.54) is 0 Å². The quantitative estimate of drug-likeness (QED) is 0.353. The van der Waals surface area contributed by atoms with Crippen LogP contribution in [0, 0.1) is 0 Å². The molecule has 2 saturated heterocycles. The highest BCUT2D eigenvalue weighted by molar-refractivity contribution is 6.31. The van der Waals surface area contributed by atoms with Crippen molar-refractivity contribution in [1.82, 2.24) is 4.90 Å². The number of nitrogens with zero attached hydrogens (tertiary/aromatic N) is 3. The summed E-state index contributed by atoms with van der Waals surface area (Å²) < 4.78 is 4.97. The Balaban J connectivity index is 1.32. The van der Waals surface area contributed by atoms with Crippen LogP contribution in [-0.2, 0) is 30.4 Å². The lowest BCUT2D eigenvalue weighted by molar-refractivity contribution is -0.166. The molecule has 10 heteroatoms. The summed E-state index contributed by atoms with van der Waals surface area (Å²) >= 11 is 6.14. The van der Waals surface area contributed by atoms with E-state index in [0.29, 0.717) is 28.3 Å². The average Bonchev–Trinajstić information content (AvgIpc) is 2.92. The molecule has 0 saturated carbocycles. The van der Waals surface area contributed by atoms with Crippen LogP contribution in [0.3, 0.4) is 0 Å². The summed E-state index contributed by atoms with van der Waals surface area (Å²) in [5.41, 5.74) is 2.50. The number of Topliss-reactive ketones (excluding diaryl/α,β-unsaturated/α-hetero) is 1. The number of rotatable bonds is 5. The van der Waals surface area contributed by atoms with Gasteiger partial charge in [0.2, 0.25) is 0 Å². The molecule has 182 valence electrons. The maximum atomic E-state index is 13.5. The van der Waals surface area contributed by atoms with Gasteiger partial charge in [-0.2, -0.15) is 0 Å². The number of amides is 1. The van der Waals surface area contributed by atoms with E-state index in [0.717, 1.165) is 36.9 Å². The van der Waals surface area contributed by atoms with Crippen LogP contribution in [0.15, 0.2) is 42.5 Å². The molecule has 2 aromatic carbocycles. The molecule has 2 unspecified atom stereocenters. The average molecular weight is 498 g/mol. The molecule has 0 N–H and O–H groups in total. The molecule has 2 bridgehead atoms. The van der Waals surface area contributed by atoms with Crippen molar-refractivity contribution in [2.24, 2.45) is 0 Å². The molecule has 5 rings (SSSR count). The van der Waals surface area contributed by atoms with E-state index in [2.05, 4.69) is 9.80 Å². The zero-order valence-corrected chi connectivity index (χ0v) is 19.9. The minimum absolute atomic E-state index is 0.0182. The summed E-state index contributed by atoms with van der Waals surface area (Å²) in [6, 6.07) is 12.4. The van der Waals surface area contributed by atoms with Gasteiger partial charge in [0.05, 0.1) is 11.7 Å². The maximum Gasteiger partial charge on any atom is 0.442 e. The Labute approximate surface area is 207 Å². The van der Waals surface area contributed by atoms with E-state index in [9.17, 15) is 19.2 Å². The minimum Gasteiger partial charge on any atom is -0.443 e. The monoisotopic (exact) mass is 497 g/mol. The lowest BCUT2D eigenvalue weighted by atomic mass is 9.93. The largest absolute Gasteiger partial charge is 0.443 e. The summed E-state index contributed by atoms with van der Waals surface area (Å²) in [5, 5.41) is 1.48. The molecule has 0 spiro atoms. The van der Waals surface area contributed by atoms with Crippen molar-refractivity contribution in [1.29, 1.82) is 0 Å². The molecule has 0 radical (unpaired) electrons. The number of esters is 1. The minimum atomic E-state index is -1.25. The molecule has 0 aliphatic carbocycles. The van der Waals surface area contributed by atoms with Crippen molar-refractivity contribution < 1.29 is 28.8 Å². The predicted molar refractivity (Wildman–Crippen MR) is 127 cm³/mol. The van der Waals surface area contributed by atoms with E-state index in [1.54, 1.807) is 18.2 Å². The second-order valence-corrected chi connectivity index (χ2v) is 9.18. The molecular formula is C25H24ClN3O6. The molecule has 2 aromatic rings. The highest BCUT2D eigenvalue weighted by Gasteiger charge is 2.44. The molecule has 3 aliphatic heterocycles. The number of carbonyl (C=O) groups excluding carboxylic acids is 4. The van der Waals surface area contributed by atoms with Crippen LogP contribution in [0.1, 0.15) is 29.3 Å². The molecule has 9 nitrogen and oxygen atoms in total. The lowest BCUT2D eigenvalue weighted by Gasteiger charge is -2.39. The van der Waals surface area contributed by atoms with Crippen molar-refractivity contribution in [3.63, 3.8) is 0 Å². The zero-order chi connectivity index (χ0) is 24.7. The summed E-state index contributed by atoms with van der Waals surface area (Å²) in [6.07, 6.45) is -0.438. The molecule has 35 heavy (non-hydrogen) atoms. The zero-order valence-electron chi connectivity index (χ0n) is 19.1. The predicted octanol–water partition coefficient (Wildman–Crippen LogP) is 2.40. The number of piperazine rings is 1. The topological polar surface area (TPSA) is 96.5 Å². The van der Waals surface area contributed by atoms with Crippen LogP contribution in [0.4, 0.5) is 11.4 Å². The third kappa shape index (κ3) is 4.37. The van der Waals surface area contributed by atoms with E-state index < -0.39 is 23.9 Å². The van der Waals surface area contributed by atoms with Crippen molar-refractivity contribution in [3.8, 4) is 0 Å². The Morgan fingerprint density at radius 2 is 1.83 bits per heavy atom. The second kappa shape index (κ2) is 9.31. The molecule has 2 atom stereocenters. The van der Waals surface area contributed by atoms with Crippen molar-refractivity contribution in [2.45, 2.75) is 31.9 Å². The number of hydrogen-bond acceptors (Lipinski definition) is 8. The first-order valence-electron chi connectivity index (χ1n) is 11.5. The Hall–Kier alpha value is -3.43. The van der Waals surface area contributed by atoms with Gasteiger partial charge >= 0.3 is 17.8 Å². The van der Waals surface area contributed by atoms with Crippen molar-refractivity contribution in [2.75, 3.05) is 36.1 Å². The van der Waals surface area contributed by atoms with E-state index in [1.807, 2.05) is 31.2 Å². The Kier molecular flexibility index (Phi) is 6.21. The third-order valence-corrected chi connectivity index (χ3v) is 6.91. The number of ketones is 1. The number of hydroxylamine groups is 1. The molecule has 3 aliphatic rings. The number of carbonyl (C=O) groups is 4. The standard InChI is InChI=1S/C25H24ClN3O6/c1-2-19(28-10-8-27(9-11-28)18-5-3-4-17(26)14-18)22(30)15-6-7-20-16(12-15)13-21-23(31)29(20)35-25(33)24(32)34-21/h3-7,12,14,19,21H,2,8-11,13H2,1H3. The lowest BCUT2D eigenvalue weighted by Crippen LogP contribution is -2.52. The Bertz CT molecular complexity index is 1210. The third-order valence-electron chi connectivity index (χ3n) is 6.67. The van der Waals surface area contributed by atoms with E-state index in [-0.39, 0.29) is 18.2 Å². The fourth-order valence-electron chi connectivity index (χ4n) is 4.89. The first kappa shape index (κ1) is 23.3. The van der Waals surface area contributed by atoms with Gasteiger partial charge in [-0.15, -0.1) is 5.06 Å². The molecule has 2 fully saturated rings. The van der Waals surface area contributed by atoms with Gasteiger partial charge in [-0.3, -0.25) is 14.5 Å². The van der Waals surface area contributed by atoms with Gasteiger partial charge in [0.15, 0.2) is 11.9 Å². The maximum absolute atomic E-state index is 13.5. The Morgan fingerprint density at radius 1 is 1.06 bits per heavy atom. The number of benzene rings is 2. The number of halogens is 1. The second-order valence-electron chi connectivity index (χ2n) is 8.74. The smallest absolute Gasteiger partial charge is 0.442 e. The van der Waals surface area contributed by atoms with Gasteiger partial charge in [-0.05, 0) is 48.4 Å². The Morgan fingerprint density at radius 3 is 2.54 bits per heavy atom. The summed E-state index contributed by atoms with van der Waals surface area (Å²) in [5.74, 6) is -3.11. The number of anilines is 2. The fourth-order valence-corrected chi connectivity index (χ4v) is 5.07. The molecule has 3 heterocycles.